The van der Waals surface area contributed by atoms with Crippen molar-refractivity contribution in [3.8, 4) is 11.1 Å². The summed E-state index contributed by atoms with van der Waals surface area (Å²) in [5.74, 6) is 0.770. The predicted molar refractivity (Wildman–Crippen MR) is 125 cm³/mol. The van der Waals surface area contributed by atoms with Crippen molar-refractivity contribution in [1.82, 2.24) is 4.98 Å². The molecule has 1 aromatic carbocycles. The van der Waals surface area contributed by atoms with Crippen molar-refractivity contribution >= 4 is 27.6 Å². The van der Waals surface area contributed by atoms with Gasteiger partial charge in [0.15, 0.2) is 0 Å². The van der Waals surface area contributed by atoms with Gasteiger partial charge in [-0.25, -0.2) is 8.42 Å². The van der Waals surface area contributed by atoms with Gasteiger partial charge in [0, 0.05) is 48.9 Å². The summed E-state index contributed by atoms with van der Waals surface area (Å²) in [7, 11) is -3.41. The summed E-state index contributed by atoms with van der Waals surface area (Å²) in [5.41, 5.74) is 5.50. The maximum absolute atomic E-state index is 12.6. The molecule has 0 spiro atoms. The van der Waals surface area contributed by atoms with Gasteiger partial charge in [-0.15, -0.1) is 0 Å². The van der Waals surface area contributed by atoms with E-state index in [0.717, 1.165) is 60.2 Å². The number of pyridine rings is 1. The topological polar surface area (TPSA) is 85.4 Å². The van der Waals surface area contributed by atoms with E-state index in [1.165, 1.54) is 0 Å². The molecule has 1 aliphatic heterocycles. The molecule has 2 fully saturated rings. The number of anilines is 1. The molecule has 1 saturated heterocycles. The van der Waals surface area contributed by atoms with E-state index < -0.39 is 10.0 Å². The number of rotatable bonds is 8. The Morgan fingerprint density at radius 3 is 2.56 bits per heavy atom. The van der Waals surface area contributed by atoms with Gasteiger partial charge in [-0.3, -0.25) is 14.5 Å². The Morgan fingerprint density at radius 2 is 1.84 bits per heavy atom. The Balaban J connectivity index is 1.33. The van der Waals surface area contributed by atoms with Crippen molar-refractivity contribution < 1.29 is 17.9 Å². The van der Waals surface area contributed by atoms with Crippen LogP contribution in [0.5, 0.6) is 0 Å². The van der Waals surface area contributed by atoms with E-state index in [2.05, 4.69) is 16.9 Å². The Labute approximate surface area is 189 Å². The van der Waals surface area contributed by atoms with Gasteiger partial charge in [0.05, 0.1) is 11.4 Å². The zero-order valence-corrected chi connectivity index (χ0v) is 18.9. The minimum absolute atomic E-state index is 0.124. The van der Waals surface area contributed by atoms with Gasteiger partial charge in [0.2, 0.25) is 10.0 Å². The van der Waals surface area contributed by atoms with E-state index in [-0.39, 0.29) is 23.4 Å². The van der Waals surface area contributed by atoms with Gasteiger partial charge < -0.3 is 4.74 Å². The maximum atomic E-state index is 12.6. The second-order valence-corrected chi connectivity index (χ2v) is 10.8. The Bertz CT molecular complexity index is 1150. The fraction of sp³-hybridized carbons (Fsp3) is 0.440. The fourth-order valence-corrected chi connectivity index (χ4v) is 6.05. The molecular weight excluding hydrogens is 424 g/mol. The van der Waals surface area contributed by atoms with Crippen LogP contribution < -0.4 is 4.72 Å². The normalized spacial score (nSPS) is 18.5. The van der Waals surface area contributed by atoms with Crippen LogP contribution in [0.4, 0.5) is 5.69 Å². The number of nitrogens with zero attached hydrogens (tertiary/aromatic N) is 1. The highest BCUT2D eigenvalue weighted by molar-refractivity contribution is 7.92. The summed E-state index contributed by atoms with van der Waals surface area (Å²) >= 11 is 0. The molecule has 32 heavy (non-hydrogen) atoms. The molecule has 0 atom stereocenters. The lowest BCUT2D eigenvalue weighted by Crippen LogP contribution is -2.27. The van der Waals surface area contributed by atoms with Gasteiger partial charge in [-0.1, -0.05) is 24.3 Å². The first-order chi connectivity index (χ1) is 15.5. The largest absolute Gasteiger partial charge is 0.381 e. The van der Waals surface area contributed by atoms with Crippen molar-refractivity contribution in [3.63, 3.8) is 0 Å². The number of hydrogen-bond donors (Lipinski definition) is 1. The molecule has 0 unspecified atom stereocenters. The second kappa shape index (κ2) is 8.79. The Morgan fingerprint density at radius 1 is 1.09 bits per heavy atom. The van der Waals surface area contributed by atoms with Crippen LogP contribution in [0.15, 0.2) is 36.4 Å². The second-order valence-electron chi connectivity index (χ2n) is 9.06. The van der Waals surface area contributed by atoms with E-state index >= 15 is 0 Å². The number of ether oxygens (including phenoxy) is 1. The maximum Gasteiger partial charge on any atom is 0.232 e. The highest BCUT2D eigenvalue weighted by Gasteiger charge is 2.30. The number of nitrogens with one attached hydrogen (secondary N) is 1. The highest BCUT2D eigenvalue weighted by Crippen LogP contribution is 2.34. The summed E-state index contributed by atoms with van der Waals surface area (Å²) in [4.78, 5) is 17.0. The minimum Gasteiger partial charge on any atom is -0.381 e. The summed E-state index contributed by atoms with van der Waals surface area (Å²) in [6.45, 7) is 1.27. The summed E-state index contributed by atoms with van der Waals surface area (Å²) in [6.07, 6.45) is 8.90. The number of fused-ring (bicyclic) bond motifs is 1. The standard InChI is InChI=1S/C25H28N2O4S/c28-25(19-4-5-19)15-21-14-23(22-2-1-3-24(22)26-21)18-6-8-20(9-7-18)27-32(29,30)16-17-10-12-31-13-11-17/h1-2,6-9,14,17,19,27H,3-5,10-13,15-16H2. The molecule has 0 bridgehead atoms. The van der Waals surface area contributed by atoms with Crippen LogP contribution in [-0.4, -0.2) is 38.2 Å². The molecule has 7 heteroatoms. The molecule has 0 amide bonds. The van der Waals surface area contributed by atoms with Crippen molar-refractivity contribution in [2.75, 3.05) is 23.7 Å². The van der Waals surface area contributed by atoms with Crippen molar-refractivity contribution in [2.24, 2.45) is 11.8 Å². The number of benzene rings is 1. The molecule has 2 aromatic rings. The van der Waals surface area contributed by atoms with Crippen molar-refractivity contribution in [3.05, 3.63) is 53.4 Å². The van der Waals surface area contributed by atoms with E-state index in [0.29, 0.717) is 25.3 Å². The smallest absolute Gasteiger partial charge is 0.232 e. The monoisotopic (exact) mass is 452 g/mol. The molecule has 3 aliphatic rings. The quantitative estimate of drug-likeness (QED) is 0.654. The van der Waals surface area contributed by atoms with Crippen molar-refractivity contribution in [1.29, 1.82) is 0 Å². The Hall–Kier alpha value is -2.51. The van der Waals surface area contributed by atoms with E-state index in [9.17, 15) is 13.2 Å². The van der Waals surface area contributed by atoms with Gasteiger partial charge in [0.25, 0.3) is 0 Å². The molecule has 1 aromatic heterocycles. The summed E-state index contributed by atoms with van der Waals surface area (Å²) < 4.78 is 33.2. The molecule has 168 valence electrons. The SMILES string of the molecule is O=C(Cc1cc(-c2ccc(NS(=O)(=O)CC3CCOCC3)cc2)c2c(n1)CC=C2)C1CC1. The predicted octanol–water partition coefficient (Wildman–Crippen LogP) is 4.01. The van der Waals surface area contributed by atoms with Crippen LogP contribution >= 0.6 is 0 Å². The zero-order chi connectivity index (χ0) is 22.1. The molecule has 1 N–H and O–H groups in total. The number of hydrogen-bond acceptors (Lipinski definition) is 5. The first-order valence-corrected chi connectivity index (χ1v) is 13.0. The summed E-state index contributed by atoms with van der Waals surface area (Å²) in [5, 5.41) is 0. The van der Waals surface area contributed by atoms with E-state index in [1.807, 2.05) is 18.2 Å². The minimum atomic E-state index is -3.41. The Kier molecular flexibility index (Phi) is 5.86. The third-order valence-electron chi connectivity index (χ3n) is 6.44. The number of sulfonamides is 1. The number of carbonyl (C=O) groups excluding carboxylic acids is 1. The average Bonchev–Trinajstić information content (AvgIpc) is 3.52. The van der Waals surface area contributed by atoms with Gasteiger partial charge >= 0.3 is 0 Å². The number of Topliss-reactive ketones (excluding diaryl/α,β-unsaturated/α-hetero) is 1. The molecule has 1 saturated carbocycles. The van der Waals surface area contributed by atoms with Crippen LogP contribution in [0.3, 0.4) is 0 Å². The molecule has 2 aliphatic carbocycles. The van der Waals surface area contributed by atoms with Crippen LogP contribution in [0.2, 0.25) is 0 Å². The lowest BCUT2D eigenvalue weighted by molar-refractivity contribution is -0.119. The molecular formula is C25H28N2O4S. The first-order valence-electron chi connectivity index (χ1n) is 11.4. The van der Waals surface area contributed by atoms with Crippen LogP contribution in [0.1, 0.15) is 42.6 Å². The van der Waals surface area contributed by atoms with Crippen LogP contribution in [0, 0.1) is 11.8 Å². The molecule has 6 nitrogen and oxygen atoms in total. The van der Waals surface area contributed by atoms with Crippen molar-refractivity contribution in [2.45, 2.75) is 38.5 Å². The third-order valence-corrected chi connectivity index (χ3v) is 7.90. The van der Waals surface area contributed by atoms with Gasteiger partial charge in [-0.2, -0.15) is 0 Å². The van der Waals surface area contributed by atoms with E-state index in [1.54, 1.807) is 12.1 Å². The van der Waals surface area contributed by atoms with E-state index in [4.69, 9.17) is 9.72 Å². The zero-order valence-electron chi connectivity index (χ0n) is 18.0. The van der Waals surface area contributed by atoms with Gasteiger partial charge in [-0.05, 0) is 60.9 Å². The van der Waals surface area contributed by atoms with Gasteiger partial charge in [0.1, 0.15) is 5.78 Å². The lowest BCUT2D eigenvalue weighted by Gasteiger charge is -2.22. The summed E-state index contributed by atoms with van der Waals surface area (Å²) in [6, 6.07) is 9.48. The lowest BCUT2D eigenvalue weighted by atomic mass is 9.97. The fourth-order valence-electron chi connectivity index (χ4n) is 4.52. The molecule has 0 radical (unpaired) electrons. The highest BCUT2D eigenvalue weighted by atomic mass is 32.2. The average molecular weight is 453 g/mol. The third kappa shape index (κ3) is 4.94. The number of allylic oxidation sites excluding steroid dienone is 1. The van der Waals surface area contributed by atoms with Crippen LogP contribution in [0.25, 0.3) is 17.2 Å². The molecule has 5 rings (SSSR count). The van der Waals surface area contributed by atoms with Crippen LogP contribution in [-0.2, 0) is 32.4 Å². The first kappa shape index (κ1) is 21.3. The molecule has 2 heterocycles. The number of carbonyl (C=O) groups is 1. The number of aromatic nitrogens is 1. The number of ketones is 1.